The SMILES string of the molecule is CNc1nc(Nc2ccc(Br)c(OC)c2)nc2c1CCC2c1ccccc1. The van der Waals surface area contributed by atoms with E-state index in [1.807, 2.05) is 31.3 Å². The molecule has 2 N–H and O–H groups in total. The Morgan fingerprint density at radius 1 is 1.11 bits per heavy atom. The summed E-state index contributed by atoms with van der Waals surface area (Å²) in [7, 11) is 3.56. The second-order valence-corrected chi connectivity index (χ2v) is 7.34. The van der Waals surface area contributed by atoms with Crippen LogP contribution in [0.1, 0.15) is 29.2 Å². The van der Waals surface area contributed by atoms with Gasteiger partial charge in [0, 0.05) is 30.3 Å². The number of aromatic nitrogens is 2. The zero-order valence-electron chi connectivity index (χ0n) is 15.3. The first-order valence-corrected chi connectivity index (χ1v) is 9.73. The lowest BCUT2D eigenvalue weighted by Gasteiger charge is -2.15. The number of anilines is 3. The minimum absolute atomic E-state index is 0.302. The number of hydrogen-bond donors (Lipinski definition) is 2. The van der Waals surface area contributed by atoms with Gasteiger partial charge in [0.2, 0.25) is 5.95 Å². The molecular formula is C21H21BrN4O. The van der Waals surface area contributed by atoms with Crippen molar-refractivity contribution in [3.8, 4) is 5.75 Å². The van der Waals surface area contributed by atoms with Gasteiger partial charge in [-0.15, -0.1) is 0 Å². The molecule has 0 amide bonds. The molecule has 0 radical (unpaired) electrons. The Morgan fingerprint density at radius 2 is 1.93 bits per heavy atom. The van der Waals surface area contributed by atoms with Crippen LogP contribution in [0.3, 0.4) is 0 Å². The van der Waals surface area contributed by atoms with Gasteiger partial charge in [0.25, 0.3) is 0 Å². The Balaban J connectivity index is 1.71. The predicted molar refractivity (Wildman–Crippen MR) is 112 cm³/mol. The maximum absolute atomic E-state index is 5.38. The zero-order chi connectivity index (χ0) is 18.8. The Hall–Kier alpha value is -2.60. The highest BCUT2D eigenvalue weighted by molar-refractivity contribution is 9.10. The van der Waals surface area contributed by atoms with Gasteiger partial charge in [-0.1, -0.05) is 30.3 Å². The molecule has 2 aromatic carbocycles. The van der Waals surface area contributed by atoms with Crippen molar-refractivity contribution in [3.63, 3.8) is 0 Å². The van der Waals surface area contributed by atoms with Gasteiger partial charge in [-0.05, 0) is 46.5 Å². The van der Waals surface area contributed by atoms with E-state index in [9.17, 15) is 0 Å². The summed E-state index contributed by atoms with van der Waals surface area (Å²) in [6, 6.07) is 16.4. The summed E-state index contributed by atoms with van der Waals surface area (Å²) in [5.74, 6) is 2.55. The number of nitrogens with zero attached hydrogens (tertiary/aromatic N) is 2. The zero-order valence-corrected chi connectivity index (χ0v) is 16.9. The van der Waals surface area contributed by atoms with Crippen molar-refractivity contribution in [2.24, 2.45) is 0 Å². The van der Waals surface area contributed by atoms with E-state index in [1.54, 1.807) is 7.11 Å². The number of rotatable bonds is 5. The topological polar surface area (TPSA) is 59.1 Å². The molecule has 1 atom stereocenters. The highest BCUT2D eigenvalue weighted by Gasteiger charge is 2.29. The molecule has 1 aromatic heterocycles. The molecule has 0 saturated heterocycles. The first-order valence-electron chi connectivity index (χ1n) is 8.93. The van der Waals surface area contributed by atoms with E-state index in [2.05, 4.69) is 55.8 Å². The summed E-state index contributed by atoms with van der Waals surface area (Å²) in [4.78, 5) is 9.56. The van der Waals surface area contributed by atoms with Crippen molar-refractivity contribution >= 4 is 33.4 Å². The largest absolute Gasteiger partial charge is 0.495 e. The van der Waals surface area contributed by atoms with Gasteiger partial charge in [0.05, 0.1) is 17.3 Å². The Kier molecular flexibility index (Phi) is 4.99. The van der Waals surface area contributed by atoms with E-state index in [-0.39, 0.29) is 0 Å². The Bertz CT molecular complexity index is 962. The minimum atomic E-state index is 0.302. The molecular weight excluding hydrogens is 404 g/mol. The summed E-state index contributed by atoms with van der Waals surface area (Å²) in [5.41, 5.74) is 4.50. The second kappa shape index (κ2) is 7.56. The van der Waals surface area contributed by atoms with Crippen LogP contribution in [0.15, 0.2) is 53.0 Å². The normalized spacial score (nSPS) is 15.3. The van der Waals surface area contributed by atoms with E-state index in [4.69, 9.17) is 9.72 Å². The quantitative estimate of drug-likeness (QED) is 0.595. The molecule has 0 spiro atoms. The van der Waals surface area contributed by atoms with Gasteiger partial charge in [-0.25, -0.2) is 4.98 Å². The van der Waals surface area contributed by atoms with E-state index >= 15 is 0 Å². The van der Waals surface area contributed by atoms with Crippen LogP contribution in [0.4, 0.5) is 17.5 Å². The van der Waals surface area contributed by atoms with Crippen molar-refractivity contribution in [1.29, 1.82) is 0 Å². The van der Waals surface area contributed by atoms with E-state index < -0.39 is 0 Å². The van der Waals surface area contributed by atoms with Crippen LogP contribution in [0.2, 0.25) is 0 Å². The number of methoxy groups -OCH3 is 1. The Labute approximate surface area is 167 Å². The number of ether oxygens (including phenoxy) is 1. The van der Waals surface area contributed by atoms with Crippen LogP contribution >= 0.6 is 15.9 Å². The van der Waals surface area contributed by atoms with Crippen LogP contribution in [-0.4, -0.2) is 24.1 Å². The number of nitrogens with one attached hydrogen (secondary N) is 2. The highest BCUT2D eigenvalue weighted by Crippen LogP contribution is 2.40. The number of hydrogen-bond acceptors (Lipinski definition) is 5. The van der Waals surface area contributed by atoms with Crippen molar-refractivity contribution in [2.45, 2.75) is 18.8 Å². The molecule has 3 aromatic rings. The lowest BCUT2D eigenvalue weighted by Crippen LogP contribution is -2.08. The predicted octanol–water partition coefficient (Wildman–Crippen LogP) is 5.11. The first kappa shape index (κ1) is 17.8. The monoisotopic (exact) mass is 424 g/mol. The molecule has 0 saturated carbocycles. The molecule has 6 heteroatoms. The van der Waals surface area contributed by atoms with E-state index in [1.165, 1.54) is 11.1 Å². The standard InChI is InChI=1S/C21H21BrN4O/c1-23-20-16-10-9-15(13-6-4-3-5-7-13)19(16)25-21(26-20)24-14-8-11-17(22)18(12-14)27-2/h3-8,11-12,15H,9-10H2,1-2H3,(H2,23,24,25,26). The van der Waals surface area contributed by atoms with Gasteiger partial charge in [0.1, 0.15) is 11.6 Å². The Morgan fingerprint density at radius 3 is 2.67 bits per heavy atom. The van der Waals surface area contributed by atoms with Crippen molar-refractivity contribution in [2.75, 3.05) is 24.8 Å². The third kappa shape index (κ3) is 3.49. The van der Waals surface area contributed by atoms with Gasteiger partial charge >= 0.3 is 0 Å². The smallest absolute Gasteiger partial charge is 0.229 e. The molecule has 1 aliphatic carbocycles. The minimum Gasteiger partial charge on any atom is -0.495 e. The molecule has 27 heavy (non-hydrogen) atoms. The van der Waals surface area contributed by atoms with Crippen molar-refractivity contribution < 1.29 is 4.74 Å². The average molecular weight is 425 g/mol. The van der Waals surface area contributed by atoms with E-state index in [0.717, 1.165) is 40.3 Å². The van der Waals surface area contributed by atoms with Gasteiger partial charge in [0.15, 0.2) is 0 Å². The van der Waals surface area contributed by atoms with Crippen LogP contribution in [0, 0.1) is 0 Å². The fourth-order valence-electron chi connectivity index (χ4n) is 3.60. The maximum Gasteiger partial charge on any atom is 0.229 e. The molecule has 138 valence electrons. The van der Waals surface area contributed by atoms with Gasteiger partial charge < -0.3 is 15.4 Å². The molecule has 0 aliphatic heterocycles. The first-order chi connectivity index (χ1) is 13.2. The third-order valence-electron chi connectivity index (χ3n) is 4.90. The lowest BCUT2D eigenvalue weighted by molar-refractivity contribution is 0.412. The summed E-state index contributed by atoms with van der Waals surface area (Å²) >= 11 is 3.48. The van der Waals surface area contributed by atoms with Crippen molar-refractivity contribution in [1.82, 2.24) is 9.97 Å². The van der Waals surface area contributed by atoms with Gasteiger partial charge in [-0.2, -0.15) is 4.98 Å². The fourth-order valence-corrected chi connectivity index (χ4v) is 4.01. The molecule has 4 rings (SSSR count). The van der Waals surface area contributed by atoms with Gasteiger partial charge in [-0.3, -0.25) is 0 Å². The molecule has 1 unspecified atom stereocenters. The summed E-state index contributed by atoms with van der Waals surface area (Å²) in [6.45, 7) is 0. The van der Waals surface area contributed by atoms with Crippen molar-refractivity contribution in [3.05, 3.63) is 69.8 Å². The summed E-state index contributed by atoms with van der Waals surface area (Å²) in [5, 5.41) is 6.55. The third-order valence-corrected chi connectivity index (χ3v) is 5.55. The summed E-state index contributed by atoms with van der Waals surface area (Å²) < 4.78 is 6.28. The molecule has 1 aliphatic rings. The average Bonchev–Trinajstić information content (AvgIpc) is 3.13. The summed E-state index contributed by atoms with van der Waals surface area (Å²) in [6.07, 6.45) is 2.04. The molecule has 1 heterocycles. The molecule has 0 bridgehead atoms. The second-order valence-electron chi connectivity index (χ2n) is 6.49. The number of halogens is 1. The number of benzene rings is 2. The molecule has 5 nitrogen and oxygen atoms in total. The molecule has 0 fully saturated rings. The lowest BCUT2D eigenvalue weighted by atomic mass is 9.97. The van der Waals surface area contributed by atoms with Crippen LogP contribution in [0.25, 0.3) is 0 Å². The fraction of sp³-hybridized carbons (Fsp3) is 0.238. The maximum atomic E-state index is 5.38. The highest BCUT2D eigenvalue weighted by atomic mass is 79.9. The van der Waals surface area contributed by atoms with Crippen LogP contribution in [-0.2, 0) is 6.42 Å². The van der Waals surface area contributed by atoms with Crippen LogP contribution in [0.5, 0.6) is 5.75 Å². The van der Waals surface area contributed by atoms with Crippen LogP contribution < -0.4 is 15.4 Å². The number of fused-ring (bicyclic) bond motifs is 1. The van der Waals surface area contributed by atoms with E-state index in [0.29, 0.717) is 11.9 Å².